The maximum Gasteiger partial charge on any atom is 0.374 e. The Kier molecular flexibility index (Phi) is 34.1. The highest BCUT2D eigenvalue weighted by atomic mass is 28.4. The molecule has 0 saturated carbocycles. The van der Waals surface area contributed by atoms with Crippen LogP contribution in [-0.2, 0) is 49.3 Å². The largest absolute Gasteiger partial charge is 0.488 e. The van der Waals surface area contributed by atoms with Crippen molar-refractivity contribution in [3.63, 3.8) is 0 Å². The molecule has 4 unspecified atom stereocenters. The Morgan fingerprint density at radius 3 is 1.06 bits per heavy atom. The van der Waals surface area contributed by atoms with Crippen LogP contribution >= 0.6 is 0 Å². The van der Waals surface area contributed by atoms with Crippen LogP contribution in [0.15, 0.2) is 167 Å². The summed E-state index contributed by atoms with van der Waals surface area (Å²) in [5.74, 6) is -1.22. The van der Waals surface area contributed by atoms with Gasteiger partial charge in [0.05, 0.1) is 6.04 Å². The summed E-state index contributed by atoms with van der Waals surface area (Å²) in [6, 6.07) is 46.1. The molecule has 0 aliphatic rings. The minimum atomic E-state index is -1.90. The average Bonchev–Trinajstić information content (AvgIpc) is 1.69. The van der Waals surface area contributed by atoms with Crippen molar-refractivity contribution >= 4 is 43.8 Å². The van der Waals surface area contributed by atoms with Crippen molar-refractivity contribution in [1.82, 2.24) is 15.3 Å². The fraction of sp³-hybridized carbons (Fsp3) is 0.415. The molecule has 6 aromatic carbocycles. The van der Waals surface area contributed by atoms with Crippen LogP contribution in [0.25, 0.3) is 22.5 Å². The number of rotatable bonds is 27. The van der Waals surface area contributed by atoms with Gasteiger partial charge in [0.25, 0.3) is 5.91 Å². The number of oxazole rings is 2. The molecule has 0 radical (unpaired) electrons. The maximum atomic E-state index is 13.1. The number of aryl methyl sites for hydroxylation is 2. The Bertz CT molecular complexity index is 4080. The van der Waals surface area contributed by atoms with E-state index >= 15 is 0 Å². The molecule has 0 aliphatic carbocycles. The van der Waals surface area contributed by atoms with E-state index in [4.69, 9.17) is 71.7 Å². The summed E-state index contributed by atoms with van der Waals surface area (Å²) in [5.41, 5.74) is 37.6. The summed E-state index contributed by atoms with van der Waals surface area (Å²) >= 11 is 0. The quantitative estimate of drug-likeness (QED) is 0.0213. The Balaban J connectivity index is 0.000000296. The maximum absolute atomic E-state index is 13.1. The Morgan fingerprint density at radius 2 is 0.752 bits per heavy atom. The highest BCUT2D eigenvalue weighted by Gasteiger charge is 2.33. The van der Waals surface area contributed by atoms with Gasteiger partial charge < -0.3 is 92.4 Å². The Labute approximate surface area is 640 Å². The van der Waals surface area contributed by atoms with Gasteiger partial charge in [-0.2, -0.15) is 0 Å². The van der Waals surface area contributed by atoms with Crippen molar-refractivity contribution in [2.75, 3.05) is 0 Å². The highest BCUT2D eigenvalue weighted by molar-refractivity contribution is 6.69. The number of nitrogens with one attached hydrogen (secondary N) is 1. The van der Waals surface area contributed by atoms with Crippen molar-refractivity contribution in [2.24, 2.45) is 40.3 Å². The second-order valence-electron chi connectivity index (χ2n) is 31.1. The number of amides is 5. The molecule has 0 saturated heterocycles. The number of carboxylic acids is 1. The fourth-order valence-electron chi connectivity index (χ4n) is 10.3. The molecule has 109 heavy (non-hydrogen) atoms. The number of carbonyl (C=O) groups excluding carboxylic acids is 5. The summed E-state index contributed by atoms with van der Waals surface area (Å²) in [7, 11) is -1.90. The first-order valence-corrected chi connectivity index (χ1v) is 39.0. The van der Waals surface area contributed by atoms with Gasteiger partial charge in [0.2, 0.25) is 35.1 Å². The molecule has 0 spiro atoms. The third-order valence-electron chi connectivity index (χ3n) is 15.0. The smallest absolute Gasteiger partial charge is 0.374 e. The lowest BCUT2D eigenvalue weighted by molar-refractivity contribution is -0.128. The zero-order chi connectivity index (χ0) is 82.1. The number of nitrogens with two attached hydrogens (primary N) is 6. The first-order chi connectivity index (χ1) is 50.5. The Hall–Kier alpha value is -10.3. The number of primary amides is 4. The zero-order valence-electron chi connectivity index (χ0n) is 65.9. The van der Waals surface area contributed by atoms with E-state index in [-0.39, 0.29) is 46.3 Å². The van der Waals surface area contributed by atoms with E-state index in [2.05, 4.69) is 15.3 Å². The normalized spacial score (nSPS) is 13.8. The molecule has 2 aromatic heterocycles. The van der Waals surface area contributed by atoms with Gasteiger partial charge >= 0.3 is 5.97 Å². The van der Waals surface area contributed by atoms with Crippen molar-refractivity contribution in [2.45, 2.75) is 214 Å². The molecule has 27 heteroatoms. The molecule has 0 fully saturated rings. The third-order valence-corrected chi connectivity index (χ3v) is 15.9. The van der Waals surface area contributed by atoms with Crippen LogP contribution < -0.4 is 58.7 Å². The van der Waals surface area contributed by atoms with Gasteiger partial charge in [-0.3, -0.25) is 24.0 Å². The molecule has 17 N–H and O–H groups in total. The summed E-state index contributed by atoms with van der Waals surface area (Å²) in [5, 5.41) is 41.0. The van der Waals surface area contributed by atoms with Crippen LogP contribution in [0.5, 0.6) is 23.0 Å². The first-order valence-electron chi connectivity index (χ1n) is 35.6. The van der Waals surface area contributed by atoms with E-state index in [0.29, 0.717) is 53.7 Å². The average molecular weight is 1520 g/mol. The molecule has 26 nitrogen and oxygen atoms in total. The molecule has 0 aliphatic heterocycles. The third kappa shape index (κ3) is 33.8. The second-order valence-corrected chi connectivity index (χ2v) is 35.5. The predicted octanol–water partition coefficient (Wildman–Crippen LogP) is 10.3. The van der Waals surface area contributed by atoms with Crippen LogP contribution in [-0.4, -0.2) is 139 Å². The lowest BCUT2D eigenvalue weighted by Crippen LogP contribution is -2.51. The van der Waals surface area contributed by atoms with E-state index in [1.807, 2.05) is 236 Å². The van der Waals surface area contributed by atoms with Crippen LogP contribution in [0.3, 0.4) is 0 Å². The van der Waals surface area contributed by atoms with E-state index < -0.39 is 86.4 Å². The molecule has 8 rings (SSSR count). The van der Waals surface area contributed by atoms with E-state index in [1.165, 1.54) is 0 Å². The molecule has 5 amide bonds. The van der Waals surface area contributed by atoms with Crippen molar-refractivity contribution in [3.8, 4) is 45.5 Å². The summed E-state index contributed by atoms with van der Waals surface area (Å²) in [6.45, 7) is 34.8. The topological polar surface area (TPSA) is 450 Å². The van der Waals surface area contributed by atoms with Gasteiger partial charge in [0.15, 0.2) is 26.2 Å². The van der Waals surface area contributed by atoms with Gasteiger partial charge in [-0.25, -0.2) is 14.8 Å². The lowest BCUT2D eigenvalue weighted by atomic mass is 9.95. The summed E-state index contributed by atoms with van der Waals surface area (Å²) in [6.07, 6.45) is -3.13. The molecule has 2 heterocycles. The second kappa shape index (κ2) is 40.8. The van der Waals surface area contributed by atoms with Gasteiger partial charge in [0.1, 0.15) is 75.1 Å². The zero-order valence-corrected chi connectivity index (χ0v) is 66.9. The SMILES string of the molecule is CC(C)(C)Oc1ccc(C[C@H](N)C(O)C(N)=O)cc1.CC(C)(C)Oc1ccc(C[C@H](N)C(O[Si](C)(C)C)C(N)=O)cc1.C[C@@H](Cc1ccc(OC(C)(C)C)cc1)C(O)C(N)=O.Cc1nc(-c2ccccc2)c(C(=O)N[C@@H](Cc2ccc(OC(C)(C)C)cc2)C(O)C(N)=O)o1.Cc1nc(-c2ccccc2)c(C(=O)O)o1. The van der Waals surface area contributed by atoms with Crippen LogP contribution in [0, 0.1) is 19.8 Å². The number of carbonyl (C=O) groups is 6. The monoisotopic (exact) mass is 1520 g/mol. The lowest BCUT2D eigenvalue weighted by Gasteiger charge is -2.28. The van der Waals surface area contributed by atoms with Crippen LogP contribution in [0.4, 0.5) is 0 Å². The van der Waals surface area contributed by atoms with Crippen LogP contribution in [0.2, 0.25) is 19.6 Å². The van der Waals surface area contributed by atoms with Gasteiger partial charge in [-0.1, -0.05) is 116 Å². The number of hydrogen-bond donors (Lipinski definition) is 11. The van der Waals surface area contributed by atoms with Gasteiger partial charge in [0, 0.05) is 37.1 Å². The molecule has 8 atom stereocenters. The summed E-state index contributed by atoms with van der Waals surface area (Å²) < 4.78 is 39.4. The molecular formula is C82H113N9O17Si. The number of benzene rings is 6. The van der Waals surface area contributed by atoms with E-state index in [9.17, 15) is 44.1 Å². The predicted molar refractivity (Wildman–Crippen MR) is 422 cm³/mol. The van der Waals surface area contributed by atoms with E-state index in [0.717, 1.165) is 45.1 Å². The number of ether oxygens (including phenoxy) is 4. The Morgan fingerprint density at radius 1 is 0.440 bits per heavy atom. The minimum Gasteiger partial charge on any atom is -0.488 e. The standard InChI is InChI=1S/C25H29N3O5.C17H30N2O3Si.C15H23NO3.C14H22N2O3.C11H9NO3/c1-15-27-20(17-8-6-5-7-9-17)22(32-15)24(31)28-19(21(29)23(26)30)14-16-10-12-18(13-11-16)33-25(2,3)4;1-17(2,3)21-13-9-7-12(8-10-13)11-14(18)15(16(19)20)22-23(4,5)6;1-10(13(17)14(16)18)9-11-5-7-12(8-6-11)19-15(2,3)4;1-14(2,3)19-10-6-4-9(5-7-10)8-11(15)12(17)13(16)18;1-7-12-9(10(15-7)11(13)14)8-5-3-2-4-6-8/h5-13,19,21,29H,14H2,1-4H3,(H2,26,30)(H,28,31);7-10,14-15H,11,18H2,1-6H3,(H2,19,20);5-8,10,13,17H,9H2,1-4H3,(H2,16,18);4-7,11-12,17H,8,15H2,1-3H3,(H2,16,18);2-6H,1H3,(H,13,14)/t19-,21?;14-,15?;10-,13?;11-,12?;/m0000./s1. The highest BCUT2D eigenvalue weighted by Crippen LogP contribution is 2.28. The van der Waals surface area contributed by atoms with E-state index in [1.54, 1.807) is 45.0 Å². The number of nitrogens with zero attached hydrogens (tertiary/aromatic N) is 2. The number of hydrogen-bond acceptors (Lipinski definition) is 20. The van der Waals surface area contributed by atoms with Crippen molar-refractivity contribution in [3.05, 3.63) is 203 Å². The number of aromatic carboxylic acids is 1. The molecule has 0 bridgehead atoms. The molecule has 8 aromatic rings. The minimum absolute atomic E-state index is 0.00528. The molecule has 592 valence electrons. The summed E-state index contributed by atoms with van der Waals surface area (Å²) in [4.78, 5) is 77.4. The van der Waals surface area contributed by atoms with Gasteiger partial charge in [-0.15, -0.1) is 0 Å². The van der Waals surface area contributed by atoms with Crippen LogP contribution in [0.1, 0.15) is 145 Å². The van der Waals surface area contributed by atoms with Crippen molar-refractivity contribution < 1.29 is 81.4 Å². The molecular weight excluding hydrogens is 1410 g/mol. The number of aliphatic hydroxyl groups excluding tert-OH is 3. The number of carboxylic acid groups (broad SMARTS) is 1. The van der Waals surface area contributed by atoms with Crippen molar-refractivity contribution in [1.29, 1.82) is 0 Å². The number of aliphatic hydroxyl groups is 3. The number of aromatic nitrogens is 2. The van der Waals surface area contributed by atoms with Gasteiger partial charge in [-0.05, 0) is 205 Å². The fourth-order valence-corrected chi connectivity index (χ4v) is 11.4. The first kappa shape index (κ1) is 91.1.